The maximum absolute atomic E-state index is 12.5. The van der Waals surface area contributed by atoms with Gasteiger partial charge in [0.2, 0.25) is 0 Å². The van der Waals surface area contributed by atoms with E-state index < -0.39 is 5.91 Å². The minimum Gasteiger partial charge on any atom is -0.483 e. The number of aryl methyl sites for hydroxylation is 1. The van der Waals surface area contributed by atoms with E-state index in [9.17, 15) is 9.59 Å². The van der Waals surface area contributed by atoms with Crippen molar-refractivity contribution in [3.05, 3.63) is 53.6 Å². The fraction of sp³-hybridized carbons (Fsp3) is 0.118. The Morgan fingerprint density at radius 2 is 2.00 bits per heavy atom. The molecule has 2 amide bonds. The van der Waals surface area contributed by atoms with Crippen molar-refractivity contribution in [1.82, 2.24) is 4.98 Å². The number of carbonyl (C=O) groups excluding carboxylic acids is 2. The number of primary amides is 1. The fourth-order valence-corrected chi connectivity index (χ4v) is 3.17. The van der Waals surface area contributed by atoms with Gasteiger partial charge in [-0.25, -0.2) is 4.98 Å². The van der Waals surface area contributed by atoms with Crippen LogP contribution in [0.3, 0.4) is 0 Å². The molecule has 0 fully saturated rings. The first-order chi connectivity index (χ1) is 11.5. The van der Waals surface area contributed by atoms with Crippen LogP contribution >= 0.6 is 11.3 Å². The number of aromatic nitrogens is 1. The highest BCUT2D eigenvalue weighted by atomic mass is 32.1. The Hall–Kier alpha value is -2.93. The van der Waals surface area contributed by atoms with Crippen LogP contribution in [0.2, 0.25) is 0 Å². The highest BCUT2D eigenvalue weighted by Gasteiger charge is 2.15. The van der Waals surface area contributed by atoms with Gasteiger partial charge in [0.05, 0.1) is 15.8 Å². The average molecular weight is 341 g/mol. The van der Waals surface area contributed by atoms with Gasteiger partial charge in [0.1, 0.15) is 5.75 Å². The van der Waals surface area contributed by atoms with Crippen LogP contribution in [0.25, 0.3) is 10.2 Å². The van der Waals surface area contributed by atoms with E-state index in [0.717, 1.165) is 15.8 Å². The van der Waals surface area contributed by atoms with Gasteiger partial charge in [-0.2, -0.15) is 0 Å². The van der Waals surface area contributed by atoms with Gasteiger partial charge in [-0.15, -0.1) is 0 Å². The van der Waals surface area contributed by atoms with Gasteiger partial charge in [0.15, 0.2) is 11.7 Å². The number of carbonyl (C=O) groups is 2. The molecule has 3 N–H and O–H groups in total. The summed E-state index contributed by atoms with van der Waals surface area (Å²) in [4.78, 5) is 27.8. The number of para-hydroxylation sites is 2. The molecule has 0 aliphatic rings. The van der Waals surface area contributed by atoms with Crippen LogP contribution < -0.4 is 15.8 Å². The number of thiazole rings is 1. The third-order valence-corrected chi connectivity index (χ3v) is 4.28. The molecular formula is C17H15N3O3S. The SMILES string of the molecule is Cc1cccc2sc(NC(=O)c3ccccc3OCC(N)=O)nc12. The van der Waals surface area contributed by atoms with Gasteiger partial charge in [0, 0.05) is 0 Å². The van der Waals surface area contributed by atoms with E-state index in [1.54, 1.807) is 24.3 Å². The van der Waals surface area contributed by atoms with E-state index in [4.69, 9.17) is 10.5 Å². The Morgan fingerprint density at radius 1 is 1.21 bits per heavy atom. The number of rotatable bonds is 5. The lowest BCUT2D eigenvalue weighted by molar-refractivity contribution is -0.119. The van der Waals surface area contributed by atoms with Gasteiger partial charge in [-0.1, -0.05) is 35.6 Å². The number of benzene rings is 2. The molecule has 6 nitrogen and oxygen atoms in total. The topological polar surface area (TPSA) is 94.3 Å². The van der Waals surface area contributed by atoms with E-state index in [-0.39, 0.29) is 12.5 Å². The molecular weight excluding hydrogens is 326 g/mol. The number of nitrogens with one attached hydrogen (secondary N) is 1. The Kier molecular flexibility index (Phi) is 4.43. The normalized spacial score (nSPS) is 10.5. The van der Waals surface area contributed by atoms with Crippen LogP contribution in [0.4, 0.5) is 5.13 Å². The number of nitrogens with two attached hydrogens (primary N) is 1. The number of nitrogens with zero attached hydrogens (tertiary/aromatic N) is 1. The standard InChI is InChI=1S/C17H15N3O3S/c1-10-5-4-8-13-15(10)19-17(24-13)20-16(22)11-6-2-3-7-12(11)23-9-14(18)21/h2-8H,9H2,1H3,(H2,18,21)(H,19,20,22). The predicted molar refractivity (Wildman–Crippen MR) is 93.4 cm³/mol. The summed E-state index contributed by atoms with van der Waals surface area (Å²) >= 11 is 1.40. The largest absolute Gasteiger partial charge is 0.483 e. The molecule has 0 atom stereocenters. The van der Waals surface area contributed by atoms with Crippen molar-refractivity contribution in [2.45, 2.75) is 6.92 Å². The summed E-state index contributed by atoms with van der Waals surface area (Å²) in [6.07, 6.45) is 0. The molecule has 3 aromatic rings. The van der Waals surface area contributed by atoms with Gasteiger partial charge in [-0.3, -0.25) is 14.9 Å². The smallest absolute Gasteiger partial charge is 0.261 e. The maximum Gasteiger partial charge on any atom is 0.261 e. The Balaban J connectivity index is 1.84. The summed E-state index contributed by atoms with van der Waals surface area (Å²) < 4.78 is 6.29. The second-order valence-electron chi connectivity index (χ2n) is 5.15. The van der Waals surface area contributed by atoms with Gasteiger partial charge in [-0.05, 0) is 30.7 Å². The third kappa shape index (κ3) is 3.36. The zero-order valence-electron chi connectivity index (χ0n) is 12.9. The summed E-state index contributed by atoms with van der Waals surface area (Å²) in [5, 5.41) is 3.28. The van der Waals surface area contributed by atoms with Crippen molar-refractivity contribution in [3.8, 4) is 5.75 Å². The van der Waals surface area contributed by atoms with Crippen molar-refractivity contribution >= 4 is 38.5 Å². The van der Waals surface area contributed by atoms with Crippen LogP contribution in [0.5, 0.6) is 5.75 Å². The Morgan fingerprint density at radius 3 is 2.75 bits per heavy atom. The van der Waals surface area contributed by atoms with Crippen molar-refractivity contribution in [3.63, 3.8) is 0 Å². The number of hydrogen-bond donors (Lipinski definition) is 2. The number of fused-ring (bicyclic) bond motifs is 1. The summed E-state index contributed by atoms with van der Waals surface area (Å²) in [5.41, 5.74) is 7.31. The van der Waals surface area contributed by atoms with E-state index in [1.807, 2.05) is 25.1 Å². The Labute approximate surface area is 142 Å². The van der Waals surface area contributed by atoms with Crippen molar-refractivity contribution in [1.29, 1.82) is 0 Å². The van der Waals surface area contributed by atoms with E-state index in [1.165, 1.54) is 11.3 Å². The van der Waals surface area contributed by atoms with Crippen LogP contribution in [0.15, 0.2) is 42.5 Å². The molecule has 0 spiro atoms. The first kappa shape index (κ1) is 15.9. The first-order valence-electron chi connectivity index (χ1n) is 7.22. The van der Waals surface area contributed by atoms with E-state index >= 15 is 0 Å². The summed E-state index contributed by atoms with van der Waals surface area (Å²) in [6.45, 7) is 1.69. The van der Waals surface area contributed by atoms with Crippen LogP contribution in [-0.2, 0) is 4.79 Å². The molecule has 24 heavy (non-hydrogen) atoms. The summed E-state index contributed by atoms with van der Waals surface area (Å²) in [7, 11) is 0. The number of anilines is 1. The zero-order chi connectivity index (χ0) is 17.1. The number of hydrogen-bond acceptors (Lipinski definition) is 5. The molecule has 0 saturated carbocycles. The molecule has 0 saturated heterocycles. The second kappa shape index (κ2) is 6.67. The van der Waals surface area contributed by atoms with Gasteiger partial charge < -0.3 is 10.5 Å². The lowest BCUT2D eigenvalue weighted by Crippen LogP contribution is -2.21. The quantitative estimate of drug-likeness (QED) is 0.746. The first-order valence-corrected chi connectivity index (χ1v) is 8.04. The number of amides is 2. The molecule has 0 aliphatic carbocycles. The summed E-state index contributed by atoms with van der Waals surface area (Å²) in [5.74, 6) is -0.662. The lowest BCUT2D eigenvalue weighted by Gasteiger charge is -2.09. The van der Waals surface area contributed by atoms with Crippen molar-refractivity contribution in [2.75, 3.05) is 11.9 Å². The number of ether oxygens (including phenoxy) is 1. The second-order valence-corrected chi connectivity index (χ2v) is 6.18. The van der Waals surface area contributed by atoms with Gasteiger partial charge >= 0.3 is 0 Å². The van der Waals surface area contributed by atoms with Crippen molar-refractivity contribution < 1.29 is 14.3 Å². The molecule has 3 rings (SSSR count). The Bertz CT molecular complexity index is 920. The van der Waals surface area contributed by atoms with Gasteiger partial charge in [0.25, 0.3) is 11.8 Å². The highest BCUT2D eigenvalue weighted by molar-refractivity contribution is 7.22. The van der Waals surface area contributed by atoms with Crippen molar-refractivity contribution in [2.24, 2.45) is 5.73 Å². The third-order valence-electron chi connectivity index (χ3n) is 3.34. The molecule has 0 unspecified atom stereocenters. The predicted octanol–water partition coefficient (Wildman–Crippen LogP) is 2.72. The molecule has 0 radical (unpaired) electrons. The molecule has 1 heterocycles. The van der Waals surface area contributed by atoms with Crippen LogP contribution in [0, 0.1) is 6.92 Å². The summed E-state index contributed by atoms with van der Waals surface area (Å²) in [6, 6.07) is 12.5. The average Bonchev–Trinajstić information content (AvgIpc) is 2.97. The molecule has 0 aliphatic heterocycles. The molecule has 2 aromatic carbocycles. The monoisotopic (exact) mass is 341 g/mol. The van der Waals surface area contributed by atoms with Crippen LogP contribution in [0.1, 0.15) is 15.9 Å². The molecule has 122 valence electrons. The maximum atomic E-state index is 12.5. The molecule has 7 heteroatoms. The van der Waals surface area contributed by atoms with Crippen LogP contribution in [-0.4, -0.2) is 23.4 Å². The zero-order valence-corrected chi connectivity index (χ0v) is 13.7. The minimum absolute atomic E-state index is 0.287. The molecule has 0 bridgehead atoms. The minimum atomic E-state index is -0.605. The van der Waals surface area contributed by atoms with E-state index in [0.29, 0.717) is 16.4 Å². The molecule has 1 aromatic heterocycles. The lowest BCUT2D eigenvalue weighted by atomic mass is 10.2. The highest BCUT2D eigenvalue weighted by Crippen LogP contribution is 2.29. The fourth-order valence-electron chi connectivity index (χ4n) is 2.23. The van der Waals surface area contributed by atoms with E-state index in [2.05, 4.69) is 10.3 Å².